The van der Waals surface area contributed by atoms with E-state index in [0.717, 1.165) is 5.56 Å². The fourth-order valence-electron chi connectivity index (χ4n) is 2.76. The third-order valence-corrected chi connectivity index (χ3v) is 4.77. The van der Waals surface area contributed by atoms with Gasteiger partial charge in [0.25, 0.3) is 5.91 Å². The molecule has 9 heteroatoms. The predicted molar refractivity (Wildman–Crippen MR) is 108 cm³/mol. The Morgan fingerprint density at radius 2 is 1.79 bits per heavy atom. The molecule has 0 aliphatic rings. The lowest BCUT2D eigenvalue weighted by atomic mass is 10.1. The number of benzene rings is 2. The molecule has 0 aliphatic carbocycles. The number of nitrogens with zero attached hydrogens (tertiary/aromatic N) is 3. The highest BCUT2D eigenvalue weighted by Crippen LogP contribution is 2.31. The van der Waals surface area contributed by atoms with Gasteiger partial charge in [-0.05, 0) is 37.3 Å². The molecule has 4 aromatic rings. The van der Waals surface area contributed by atoms with Crippen LogP contribution in [0.5, 0.6) is 0 Å². The molecule has 146 valence electrons. The van der Waals surface area contributed by atoms with Gasteiger partial charge in [-0.1, -0.05) is 51.7 Å². The SMILES string of the molecule is Cc1onc(-c2ccccc2Cl)c1C(=O)NCc1nc(-c2ccc(Cl)cc2)no1. The van der Waals surface area contributed by atoms with Crippen LogP contribution in [0, 0.1) is 6.92 Å². The number of halogens is 2. The maximum absolute atomic E-state index is 12.8. The molecule has 0 fully saturated rings. The number of aryl methyl sites for hydroxylation is 1. The van der Waals surface area contributed by atoms with E-state index >= 15 is 0 Å². The second kappa shape index (κ2) is 8.06. The van der Waals surface area contributed by atoms with Crippen molar-refractivity contribution in [2.45, 2.75) is 13.5 Å². The smallest absolute Gasteiger partial charge is 0.257 e. The zero-order chi connectivity index (χ0) is 20.4. The van der Waals surface area contributed by atoms with E-state index in [4.69, 9.17) is 32.2 Å². The van der Waals surface area contributed by atoms with E-state index in [0.29, 0.717) is 38.5 Å². The van der Waals surface area contributed by atoms with Gasteiger partial charge in [-0.3, -0.25) is 4.79 Å². The predicted octanol–water partition coefficient (Wildman–Crippen LogP) is 4.94. The normalized spacial score (nSPS) is 10.9. The first-order chi connectivity index (χ1) is 14.0. The lowest BCUT2D eigenvalue weighted by Gasteiger charge is -2.05. The molecule has 29 heavy (non-hydrogen) atoms. The van der Waals surface area contributed by atoms with Gasteiger partial charge in [-0.25, -0.2) is 0 Å². The van der Waals surface area contributed by atoms with Crippen molar-refractivity contribution < 1.29 is 13.8 Å². The molecule has 0 atom stereocenters. The summed E-state index contributed by atoms with van der Waals surface area (Å²) in [6, 6.07) is 14.1. The minimum absolute atomic E-state index is 0.0476. The maximum Gasteiger partial charge on any atom is 0.257 e. The fourth-order valence-corrected chi connectivity index (χ4v) is 3.12. The summed E-state index contributed by atoms with van der Waals surface area (Å²) in [7, 11) is 0. The number of carbonyl (C=O) groups excluding carboxylic acids is 1. The van der Waals surface area contributed by atoms with Crippen molar-refractivity contribution >= 4 is 29.1 Å². The Kier molecular flexibility index (Phi) is 5.33. The molecule has 0 bridgehead atoms. The van der Waals surface area contributed by atoms with Crippen LogP contribution in [0.2, 0.25) is 10.0 Å². The molecule has 7 nitrogen and oxygen atoms in total. The summed E-state index contributed by atoms with van der Waals surface area (Å²) in [5.41, 5.74) is 2.04. The van der Waals surface area contributed by atoms with Crippen LogP contribution >= 0.6 is 23.2 Å². The van der Waals surface area contributed by atoms with Crippen LogP contribution in [0.15, 0.2) is 57.6 Å². The zero-order valence-electron chi connectivity index (χ0n) is 15.1. The van der Waals surface area contributed by atoms with Gasteiger partial charge >= 0.3 is 0 Å². The van der Waals surface area contributed by atoms with E-state index in [1.807, 2.05) is 6.07 Å². The zero-order valence-corrected chi connectivity index (χ0v) is 16.7. The molecule has 0 aliphatic heterocycles. The van der Waals surface area contributed by atoms with Crippen LogP contribution in [0.3, 0.4) is 0 Å². The molecule has 1 amide bonds. The van der Waals surface area contributed by atoms with Crippen LogP contribution in [0.4, 0.5) is 0 Å². The molecule has 4 rings (SSSR count). The summed E-state index contributed by atoms with van der Waals surface area (Å²) < 4.78 is 10.4. The van der Waals surface area contributed by atoms with Crippen LogP contribution in [-0.2, 0) is 6.54 Å². The Morgan fingerprint density at radius 1 is 1.03 bits per heavy atom. The molecular formula is C20H14Cl2N4O3. The first-order valence-corrected chi connectivity index (χ1v) is 9.36. The Hall–Kier alpha value is -3.16. The van der Waals surface area contributed by atoms with Gasteiger partial charge in [0, 0.05) is 16.1 Å². The number of hydrogen-bond donors (Lipinski definition) is 1. The monoisotopic (exact) mass is 428 g/mol. The number of rotatable bonds is 5. The topological polar surface area (TPSA) is 94.1 Å². The van der Waals surface area contributed by atoms with Crippen molar-refractivity contribution in [2.24, 2.45) is 0 Å². The minimum Gasteiger partial charge on any atom is -0.360 e. The lowest BCUT2D eigenvalue weighted by molar-refractivity contribution is 0.0945. The van der Waals surface area contributed by atoms with E-state index in [1.54, 1.807) is 49.4 Å². The highest BCUT2D eigenvalue weighted by atomic mass is 35.5. The fraction of sp³-hybridized carbons (Fsp3) is 0.100. The van der Waals surface area contributed by atoms with Crippen molar-refractivity contribution in [3.8, 4) is 22.6 Å². The highest BCUT2D eigenvalue weighted by Gasteiger charge is 2.23. The number of hydrogen-bond acceptors (Lipinski definition) is 6. The van der Waals surface area contributed by atoms with Gasteiger partial charge in [-0.15, -0.1) is 0 Å². The quantitative estimate of drug-likeness (QED) is 0.483. The van der Waals surface area contributed by atoms with Crippen LogP contribution in [0.1, 0.15) is 22.0 Å². The highest BCUT2D eigenvalue weighted by molar-refractivity contribution is 6.33. The second-order valence-corrected chi connectivity index (χ2v) is 6.99. The van der Waals surface area contributed by atoms with E-state index in [2.05, 4.69) is 20.6 Å². The first kappa shape index (κ1) is 19.2. The molecule has 0 saturated carbocycles. The third kappa shape index (κ3) is 4.01. The third-order valence-electron chi connectivity index (χ3n) is 4.19. The van der Waals surface area contributed by atoms with Gasteiger partial charge in [0.2, 0.25) is 11.7 Å². The average molecular weight is 429 g/mol. The lowest BCUT2D eigenvalue weighted by Crippen LogP contribution is -2.23. The van der Waals surface area contributed by atoms with Gasteiger partial charge in [-0.2, -0.15) is 4.98 Å². The Labute approximate surface area is 175 Å². The molecule has 1 N–H and O–H groups in total. The largest absolute Gasteiger partial charge is 0.360 e. The van der Waals surface area contributed by atoms with Gasteiger partial charge in [0.1, 0.15) is 17.0 Å². The van der Waals surface area contributed by atoms with Crippen molar-refractivity contribution in [2.75, 3.05) is 0 Å². The molecule has 2 heterocycles. The molecule has 0 radical (unpaired) electrons. The van der Waals surface area contributed by atoms with Crippen molar-refractivity contribution in [3.05, 3.63) is 75.8 Å². The van der Waals surface area contributed by atoms with E-state index in [-0.39, 0.29) is 18.3 Å². The standard InChI is InChI=1S/C20H14Cl2N4O3/c1-11-17(18(25-28-11)14-4-2-3-5-15(14)22)20(27)23-10-16-24-19(26-29-16)12-6-8-13(21)9-7-12/h2-9H,10H2,1H3,(H,23,27). The molecule has 0 spiro atoms. The Morgan fingerprint density at radius 3 is 2.55 bits per heavy atom. The maximum atomic E-state index is 12.8. The number of amides is 1. The van der Waals surface area contributed by atoms with Crippen LogP contribution < -0.4 is 5.32 Å². The van der Waals surface area contributed by atoms with Gasteiger partial charge < -0.3 is 14.4 Å². The summed E-state index contributed by atoms with van der Waals surface area (Å²) in [4.78, 5) is 17.0. The number of aromatic nitrogens is 3. The van der Waals surface area contributed by atoms with Crippen molar-refractivity contribution in [1.82, 2.24) is 20.6 Å². The molecule has 2 aromatic carbocycles. The van der Waals surface area contributed by atoms with E-state index in [1.165, 1.54) is 0 Å². The van der Waals surface area contributed by atoms with Crippen molar-refractivity contribution in [1.29, 1.82) is 0 Å². The second-order valence-electron chi connectivity index (χ2n) is 6.14. The molecule has 0 saturated heterocycles. The van der Waals surface area contributed by atoms with Gasteiger partial charge in [0.05, 0.1) is 11.6 Å². The summed E-state index contributed by atoms with van der Waals surface area (Å²) in [5.74, 6) is 0.662. The average Bonchev–Trinajstić information content (AvgIpc) is 3.34. The summed E-state index contributed by atoms with van der Waals surface area (Å²) in [6.07, 6.45) is 0. The van der Waals surface area contributed by atoms with Crippen LogP contribution in [-0.4, -0.2) is 21.2 Å². The van der Waals surface area contributed by atoms with E-state index in [9.17, 15) is 4.79 Å². The van der Waals surface area contributed by atoms with Crippen LogP contribution in [0.25, 0.3) is 22.6 Å². The summed E-state index contributed by atoms with van der Waals surface area (Å²) in [6.45, 7) is 1.71. The van der Waals surface area contributed by atoms with E-state index < -0.39 is 0 Å². The summed E-state index contributed by atoms with van der Waals surface area (Å²) in [5, 5.41) is 11.7. The molecule has 2 aromatic heterocycles. The minimum atomic E-state index is -0.384. The Bertz CT molecular complexity index is 1170. The Balaban J connectivity index is 1.51. The molecular weight excluding hydrogens is 415 g/mol. The molecule has 0 unspecified atom stereocenters. The number of nitrogens with one attached hydrogen (secondary N) is 1. The first-order valence-electron chi connectivity index (χ1n) is 8.61. The van der Waals surface area contributed by atoms with Gasteiger partial charge in [0.15, 0.2) is 0 Å². The summed E-state index contributed by atoms with van der Waals surface area (Å²) >= 11 is 12.1. The van der Waals surface area contributed by atoms with Crippen molar-refractivity contribution in [3.63, 3.8) is 0 Å². The number of carbonyl (C=O) groups is 1.